The maximum Gasteiger partial charge on any atom is 0.160 e. The Kier molecular flexibility index (Phi) is 9.11. The number of benzene rings is 11. The zero-order valence-corrected chi connectivity index (χ0v) is 36.6. The summed E-state index contributed by atoms with van der Waals surface area (Å²) in [4.78, 5) is 10.2. The van der Waals surface area contributed by atoms with E-state index in [0.29, 0.717) is 5.82 Å². The normalized spacial score (nSPS) is 12.6. The molecule has 2 nitrogen and oxygen atoms in total. The minimum absolute atomic E-state index is 0.430. The largest absolute Gasteiger partial charge is 0.228 e. The van der Waals surface area contributed by atoms with Crippen molar-refractivity contribution in [2.45, 2.75) is 5.41 Å². The fourth-order valence-electron chi connectivity index (χ4n) is 11.0. The minimum Gasteiger partial charge on any atom is -0.228 e. The van der Waals surface area contributed by atoms with Crippen molar-refractivity contribution in [2.75, 3.05) is 0 Å². The molecule has 0 aliphatic heterocycles. The lowest BCUT2D eigenvalue weighted by Gasteiger charge is -2.33. The van der Waals surface area contributed by atoms with E-state index in [1.807, 2.05) is 24.3 Å². The molecule has 0 amide bonds. The molecule has 1 aliphatic carbocycles. The lowest BCUT2D eigenvalue weighted by atomic mass is 9.67. The van der Waals surface area contributed by atoms with Gasteiger partial charge in [0.05, 0.1) is 16.8 Å². The average Bonchev–Trinajstić information content (AvgIpc) is 3.72. The predicted octanol–water partition coefficient (Wildman–Crippen LogP) is 16.6. The highest BCUT2D eigenvalue weighted by Crippen LogP contribution is 2.57. The van der Waals surface area contributed by atoms with E-state index in [-0.39, 0.29) is 0 Å². The third-order valence-electron chi connectivity index (χ3n) is 13.9. The van der Waals surface area contributed by atoms with E-state index in [0.717, 1.165) is 33.6 Å². The fraction of sp³-hybridized carbons (Fsp3) is 0.0154. The van der Waals surface area contributed by atoms with Crippen LogP contribution >= 0.6 is 0 Å². The van der Waals surface area contributed by atoms with Gasteiger partial charge in [0.1, 0.15) is 0 Å². The summed E-state index contributed by atoms with van der Waals surface area (Å²) in [6.45, 7) is 0. The van der Waals surface area contributed by atoms with Gasteiger partial charge in [-0.15, -0.1) is 0 Å². The molecule has 0 atom stereocenters. The van der Waals surface area contributed by atoms with Crippen molar-refractivity contribution >= 4 is 32.3 Å². The lowest BCUT2D eigenvalue weighted by Crippen LogP contribution is -2.28. The molecule has 12 aromatic rings. The second-order valence-electron chi connectivity index (χ2n) is 17.6. The molecule has 67 heavy (non-hydrogen) atoms. The van der Waals surface area contributed by atoms with Crippen molar-refractivity contribution in [3.05, 3.63) is 277 Å². The van der Waals surface area contributed by atoms with E-state index in [4.69, 9.17) is 9.97 Å². The Morgan fingerprint density at radius 3 is 1.48 bits per heavy atom. The Hall–Kier alpha value is -8.72. The van der Waals surface area contributed by atoms with Crippen LogP contribution in [0.5, 0.6) is 0 Å². The van der Waals surface area contributed by atoms with Gasteiger partial charge in [-0.25, -0.2) is 9.97 Å². The minimum atomic E-state index is -0.430. The van der Waals surface area contributed by atoms with Gasteiger partial charge in [-0.05, 0) is 112 Å². The van der Waals surface area contributed by atoms with Crippen molar-refractivity contribution in [2.24, 2.45) is 0 Å². The highest BCUT2D eigenvalue weighted by atomic mass is 14.9. The second kappa shape index (κ2) is 15.8. The van der Waals surface area contributed by atoms with Crippen molar-refractivity contribution in [1.29, 1.82) is 0 Å². The van der Waals surface area contributed by atoms with Gasteiger partial charge in [-0.2, -0.15) is 0 Å². The van der Waals surface area contributed by atoms with E-state index >= 15 is 0 Å². The smallest absolute Gasteiger partial charge is 0.160 e. The summed E-state index contributed by atoms with van der Waals surface area (Å²) in [5.74, 6) is 0.708. The molecule has 13 rings (SSSR count). The predicted molar refractivity (Wildman–Crippen MR) is 279 cm³/mol. The molecule has 1 aliphatic rings. The lowest BCUT2D eigenvalue weighted by molar-refractivity contribution is 0.768. The van der Waals surface area contributed by atoms with Gasteiger partial charge in [0.15, 0.2) is 5.82 Å². The quantitative estimate of drug-likeness (QED) is 0.149. The van der Waals surface area contributed by atoms with Gasteiger partial charge >= 0.3 is 0 Å². The molecule has 1 aromatic heterocycles. The van der Waals surface area contributed by atoms with Crippen LogP contribution in [0.15, 0.2) is 255 Å². The monoisotopic (exact) mass is 850 g/mol. The highest BCUT2D eigenvalue weighted by molar-refractivity contribution is 6.29. The Labute approximate surface area is 390 Å². The first-order chi connectivity index (χ1) is 33.2. The van der Waals surface area contributed by atoms with Crippen molar-refractivity contribution in [3.63, 3.8) is 0 Å². The third kappa shape index (κ3) is 6.26. The number of hydrogen-bond donors (Lipinski definition) is 0. The maximum absolute atomic E-state index is 5.19. The third-order valence-corrected chi connectivity index (χ3v) is 13.9. The summed E-state index contributed by atoms with van der Waals surface area (Å²) < 4.78 is 0. The van der Waals surface area contributed by atoms with Gasteiger partial charge in [-0.3, -0.25) is 0 Å². The fourth-order valence-corrected chi connectivity index (χ4v) is 11.0. The SMILES string of the molecule is c1ccc(-c2cc(-c3cccc(-c4cccc5c6ccccc6c6cc(-c7ccc8c(c7)-c7ccccc7C8(c7ccccc7)c7ccccc7)ccc6c45)c3)nc(-c3ccccc3)n2)cc1. The van der Waals surface area contributed by atoms with Gasteiger partial charge in [0, 0.05) is 16.7 Å². The molecular weight excluding hydrogens is 809 g/mol. The number of nitrogens with zero attached hydrogens (tertiary/aromatic N) is 2. The zero-order chi connectivity index (χ0) is 44.3. The molecule has 0 bridgehead atoms. The summed E-state index contributed by atoms with van der Waals surface area (Å²) in [5, 5.41) is 7.45. The van der Waals surface area contributed by atoms with Crippen LogP contribution in [0.3, 0.4) is 0 Å². The van der Waals surface area contributed by atoms with E-state index in [9.17, 15) is 0 Å². The van der Waals surface area contributed by atoms with E-state index in [1.165, 1.54) is 82.4 Å². The average molecular weight is 851 g/mol. The number of rotatable bonds is 7. The molecular formula is C65H42N2. The summed E-state index contributed by atoms with van der Waals surface area (Å²) in [7, 11) is 0. The van der Waals surface area contributed by atoms with Crippen LogP contribution in [0.25, 0.3) is 99.6 Å². The van der Waals surface area contributed by atoms with Crippen LogP contribution < -0.4 is 0 Å². The summed E-state index contributed by atoms with van der Waals surface area (Å²) in [5.41, 5.74) is 16.9. The van der Waals surface area contributed by atoms with E-state index in [2.05, 4.69) is 231 Å². The number of aromatic nitrogens is 2. The van der Waals surface area contributed by atoms with Crippen molar-refractivity contribution in [3.8, 4) is 67.3 Å². The topological polar surface area (TPSA) is 25.8 Å². The van der Waals surface area contributed by atoms with Gasteiger partial charge in [0.25, 0.3) is 0 Å². The molecule has 0 unspecified atom stereocenters. The molecule has 0 spiro atoms. The molecule has 0 fully saturated rings. The van der Waals surface area contributed by atoms with Gasteiger partial charge in [-0.1, -0.05) is 231 Å². The highest BCUT2D eigenvalue weighted by Gasteiger charge is 2.46. The Morgan fingerprint density at radius 1 is 0.254 bits per heavy atom. The van der Waals surface area contributed by atoms with E-state index in [1.54, 1.807) is 0 Å². The summed E-state index contributed by atoms with van der Waals surface area (Å²) in [6, 6.07) is 92.6. The van der Waals surface area contributed by atoms with Gasteiger partial charge in [0.2, 0.25) is 0 Å². The molecule has 11 aromatic carbocycles. The van der Waals surface area contributed by atoms with Crippen molar-refractivity contribution < 1.29 is 0 Å². The Balaban J connectivity index is 0.976. The zero-order valence-electron chi connectivity index (χ0n) is 36.6. The Bertz CT molecular complexity index is 3740. The summed E-state index contributed by atoms with van der Waals surface area (Å²) >= 11 is 0. The number of hydrogen-bond acceptors (Lipinski definition) is 2. The molecule has 0 saturated heterocycles. The first-order valence-electron chi connectivity index (χ1n) is 23.1. The molecule has 0 radical (unpaired) electrons. The van der Waals surface area contributed by atoms with Crippen molar-refractivity contribution in [1.82, 2.24) is 9.97 Å². The van der Waals surface area contributed by atoms with Crippen LogP contribution in [0.4, 0.5) is 0 Å². The molecule has 0 saturated carbocycles. The summed E-state index contributed by atoms with van der Waals surface area (Å²) in [6.07, 6.45) is 0. The van der Waals surface area contributed by atoms with Crippen LogP contribution in [0.2, 0.25) is 0 Å². The van der Waals surface area contributed by atoms with Crippen LogP contribution in [0.1, 0.15) is 22.3 Å². The van der Waals surface area contributed by atoms with Crippen LogP contribution in [-0.2, 0) is 5.41 Å². The molecule has 1 heterocycles. The molecule has 312 valence electrons. The Morgan fingerprint density at radius 2 is 0.746 bits per heavy atom. The van der Waals surface area contributed by atoms with Crippen LogP contribution in [-0.4, -0.2) is 9.97 Å². The first kappa shape index (κ1) is 38.7. The van der Waals surface area contributed by atoms with E-state index < -0.39 is 5.41 Å². The molecule has 0 N–H and O–H groups in total. The standard InChI is InChI=1S/C65H42N2/c1-5-19-43(20-6-1)61-42-62(67-64(66-61)44-21-7-2-8-22-44)48-24-17-23-47(39-48)51-32-18-33-55-52-29-13-14-30-53(52)57-40-45(35-37-56(57)63(51)55)46-36-38-60-58(41-46)54-31-15-16-34-59(54)65(60,49-25-9-3-10-26-49)50-27-11-4-12-28-50/h1-42H. The number of fused-ring (bicyclic) bond motifs is 9. The molecule has 2 heteroatoms. The maximum atomic E-state index is 5.19. The first-order valence-corrected chi connectivity index (χ1v) is 23.1. The van der Waals surface area contributed by atoms with Gasteiger partial charge < -0.3 is 0 Å². The second-order valence-corrected chi connectivity index (χ2v) is 17.6. The van der Waals surface area contributed by atoms with Crippen LogP contribution in [0, 0.1) is 0 Å².